The molecule has 0 N–H and O–H groups in total. The van der Waals surface area contributed by atoms with Crippen molar-refractivity contribution < 1.29 is 13.2 Å². The lowest BCUT2D eigenvalue weighted by Gasteiger charge is -2.26. The lowest BCUT2D eigenvalue weighted by Crippen LogP contribution is -2.33. The van der Waals surface area contributed by atoms with Crippen LogP contribution in [0.15, 0.2) is 47.4 Å². The molecule has 0 atom stereocenters. The molecule has 0 amide bonds. The van der Waals surface area contributed by atoms with E-state index >= 15 is 0 Å². The molecule has 24 heavy (non-hydrogen) atoms. The van der Waals surface area contributed by atoms with E-state index in [1.54, 1.807) is 23.5 Å². The molecule has 2 aromatic carbocycles. The number of sulfonamides is 1. The molecule has 2 aromatic rings. The molecule has 1 heterocycles. The number of aryl methyl sites for hydroxylation is 2. The van der Waals surface area contributed by atoms with Crippen molar-refractivity contribution in [3.63, 3.8) is 0 Å². The van der Waals surface area contributed by atoms with Crippen molar-refractivity contribution in [1.29, 1.82) is 0 Å². The molecule has 0 saturated heterocycles. The van der Waals surface area contributed by atoms with Crippen molar-refractivity contribution in [3.8, 4) is 5.75 Å². The van der Waals surface area contributed by atoms with Gasteiger partial charge in [0.15, 0.2) is 0 Å². The molecule has 0 unspecified atom stereocenters. The summed E-state index contributed by atoms with van der Waals surface area (Å²) in [7, 11) is -1.82. The minimum atomic E-state index is -3.47. The molecule has 0 bridgehead atoms. The SMILES string of the molecule is COc1ccc2c(c1)CCCCN(S(=O)(=O)c1ccc(C)cc1)C2. The fourth-order valence-corrected chi connectivity index (χ4v) is 4.51. The fraction of sp³-hybridized carbons (Fsp3) is 0.368. The molecule has 0 aromatic heterocycles. The summed E-state index contributed by atoms with van der Waals surface area (Å²) in [5.41, 5.74) is 3.29. The van der Waals surface area contributed by atoms with Crippen LogP contribution in [0.4, 0.5) is 0 Å². The quantitative estimate of drug-likeness (QED) is 0.855. The number of rotatable bonds is 3. The molecule has 0 fully saturated rings. The van der Waals surface area contributed by atoms with Crippen molar-refractivity contribution in [2.24, 2.45) is 0 Å². The molecule has 5 heteroatoms. The van der Waals surface area contributed by atoms with Crippen molar-refractivity contribution in [3.05, 3.63) is 59.2 Å². The number of methoxy groups -OCH3 is 1. The molecular weight excluding hydrogens is 322 g/mol. The number of benzene rings is 2. The van der Waals surface area contributed by atoms with Crippen LogP contribution in [0.25, 0.3) is 0 Å². The highest BCUT2D eigenvalue weighted by molar-refractivity contribution is 7.89. The van der Waals surface area contributed by atoms with E-state index in [-0.39, 0.29) is 0 Å². The van der Waals surface area contributed by atoms with Gasteiger partial charge in [0.2, 0.25) is 10.0 Å². The topological polar surface area (TPSA) is 46.6 Å². The van der Waals surface area contributed by atoms with E-state index in [1.165, 1.54) is 5.56 Å². The Morgan fingerprint density at radius 1 is 1.00 bits per heavy atom. The van der Waals surface area contributed by atoms with Gasteiger partial charge in [0.25, 0.3) is 0 Å². The van der Waals surface area contributed by atoms with Crippen LogP contribution < -0.4 is 4.74 Å². The van der Waals surface area contributed by atoms with Gasteiger partial charge in [-0.2, -0.15) is 4.31 Å². The van der Waals surface area contributed by atoms with Crippen LogP contribution in [-0.2, 0) is 23.0 Å². The van der Waals surface area contributed by atoms with Gasteiger partial charge in [0, 0.05) is 13.1 Å². The number of nitrogens with zero attached hydrogens (tertiary/aromatic N) is 1. The largest absolute Gasteiger partial charge is 0.497 e. The molecule has 3 rings (SSSR count). The Labute approximate surface area is 144 Å². The van der Waals surface area contributed by atoms with E-state index in [9.17, 15) is 8.42 Å². The highest BCUT2D eigenvalue weighted by Crippen LogP contribution is 2.26. The maximum Gasteiger partial charge on any atom is 0.243 e. The van der Waals surface area contributed by atoms with Gasteiger partial charge in [-0.25, -0.2) is 8.42 Å². The number of ether oxygens (including phenoxy) is 1. The van der Waals surface area contributed by atoms with Gasteiger partial charge in [-0.3, -0.25) is 0 Å². The van der Waals surface area contributed by atoms with Crippen molar-refractivity contribution >= 4 is 10.0 Å². The Hall–Kier alpha value is -1.85. The summed E-state index contributed by atoms with van der Waals surface area (Å²) >= 11 is 0. The summed E-state index contributed by atoms with van der Waals surface area (Å²) in [4.78, 5) is 0.365. The number of hydrogen-bond acceptors (Lipinski definition) is 3. The van der Waals surface area contributed by atoms with Gasteiger partial charge < -0.3 is 4.74 Å². The third-order valence-corrected chi connectivity index (χ3v) is 6.38. The zero-order chi connectivity index (χ0) is 17.2. The van der Waals surface area contributed by atoms with E-state index in [2.05, 4.69) is 0 Å². The van der Waals surface area contributed by atoms with Crippen LogP contribution in [0.2, 0.25) is 0 Å². The van der Waals surface area contributed by atoms with Crippen LogP contribution in [-0.4, -0.2) is 26.4 Å². The summed E-state index contributed by atoms with van der Waals surface area (Å²) in [6.45, 7) is 2.92. The molecule has 0 saturated carbocycles. The van der Waals surface area contributed by atoms with E-state index in [1.807, 2.05) is 37.3 Å². The third-order valence-electron chi connectivity index (χ3n) is 4.52. The van der Waals surface area contributed by atoms with Gasteiger partial charge in [-0.05, 0) is 61.6 Å². The first kappa shape index (κ1) is 17.0. The van der Waals surface area contributed by atoms with E-state index in [4.69, 9.17) is 4.74 Å². The molecular formula is C19H23NO3S. The Balaban J connectivity index is 1.94. The van der Waals surface area contributed by atoms with E-state index in [0.717, 1.165) is 36.1 Å². The van der Waals surface area contributed by atoms with Gasteiger partial charge in [-0.15, -0.1) is 0 Å². The van der Waals surface area contributed by atoms with Crippen LogP contribution in [0, 0.1) is 6.92 Å². The van der Waals surface area contributed by atoms with Gasteiger partial charge >= 0.3 is 0 Å². The molecule has 128 valence electrons. The predicted molar refractivity (Wildman–Crippen MR) is 94.7 cm³/mol. The summed E-state index contributed by atoms with van der Waals surface area (Å²) < 4.78 is 32.9. The Morgan fingerprint density at radius 3 is 2.46 bits per heavy atom. The first-order valence-electron chi connectivity index (χ1n) is 8.23. The van der Waals surface area contributed by atoms with Crippen molar-refractivity contribution in [2.75, 3.05) is 13.7 Å². The van der Waals surface area contributed by atoms with Crippen molar-refractivity contribution in [1.82, 2.24) is 4.31 Å². The summed E-state index contributed by atoms with van der Waals surface area (Å²) in [5.74, 6) is 0.822. The van der Waals surface area contributed by atoms with Gasteiger partial charge in [0.1, 0.15) is 5.75 Å². The normalized spacial score (nSPS) is 16.1. The van der Waals surface area contributed by atoms with E-state index < -0.39 is 10.0 Å². The van der Waals surface area contributed by atoms with Crippen LogP contribution in [0.3, 0.4) is 0 Å². The third kappa shape index (κ3) is 3.47. The lowest BCUT2D eigenvalue weighted by atomic mass is 9.99. The second-order valence-electron chi connectivity index (χ2n) is 6.24. The smallest absolute Gasteiger partial charge is 0.243 e. The fourth-order valence-electron chi connectivity index (χ4n) is 3.05. The summed E-state index contributed by atoms with van der Waals surface area (Å²) in [6, 6.07) is 13.0. The zero-order valence-electron chi connectivity index (χ0n) is 14.2. The van der Waals surface area contributed by atoms with E-state index in [0.29, 0.717) is 18.0 Å². The Morgan fingerprint density at radius 2 is 1.75 bits per heavy atom. The average molecular weight is 345 g/mol. The second kappa shape index (κ2) is 6.95. The van der Waals surface area contributed by atoms with Crippen LogP contribution >= 0.6 is 0 Å². The molecule has 0 aliphatic carbocycles. The zero-order valence-corrected chi connectivity index (χ0v) is 15.0. The molecule has 1 aliphatic heterocycles. The maximum absolute atomic E-state index is 13.0. The summed E-state index contributed by atoms with van der Waals surface area (Å²) in [6.07, 6.45) is 2.80. The lowest BCUT2D eigenvalue weighted by molar-refractivity contribution is 0.384. The predicted octanol–water partition coefficient (Wildman–Crippen LogP) is 3.53. The van der Waals surface area contributed by atoms with Crippen LogP contribution in [0.1, 0.15) is 29.5 Å². The first-order valence-corrected chi connectivity index (χ1v) is 9.67. The molecule has 1 aliphatic rings. The highest BCUT2D eigenvalue weighted by atomic mass is 32.2. The first-order chi connectivity index (χ1) is 11.5. The standard InChI is InChI=1S/C19H23NO3S/c1-15-6-10-19(11-7-15)24(21,22)20-12-4-3-5-16-13-18(23-2)9-8-17(16)14-20/h6-11,13H,3-5,12,14H2,1-2H3. The Bertz CT molecular complexity index is 813. The second-order valence-corrected chi connectivity index (χ2v) is 8.18. The Kier molecular flexibility index (Phi) is 4.92. The maximum atomic E-state index is 13.0. The molecule has 0 radical (unpaired) electrons. The average Bonchev–Trinajstić information content (AvgIpc) is 2.55. The monoisotopic (exact) mass is 345 g/mol. The minimum absolute atomic E-state index is 0.365. The van der Waals surface area contributed by atoms with Crippen LogP contribution in [0.5, 0.6) is 5.75 Å². The highest BCUT2D eigenvalue weighted by Gasteiger charge is 2.26. The number of hydrogen-bond donors (Lipinski definition) is 0. The van der Waals surface area contributed by atoms with Gasteiger partial charge in [0.05, 0.1) is 12.0 Å². The van der Waals surface area contributed by atoms with Gasteiger partial charge in [-0.1, -0.05) is 23.8 Å². The summed E-state index contributed by atoms with van der Waals surface area (Å²) in [5, 5.41) is 0. The molecule has 4 nitrogen and oxygen atoms in total. The molecule has 0 spiro atoms. The van der Waals surface area contributed by atoms with Crippen molar-refractivity contribution in [2.45, 2.75) is 37.6 Å². The minimum Gasteiger partial charge on any atom is -0.497 e. The number of fused-ring (bicyclic) bond motifs is 1.